The zero-order valence-corrected chi connectivity index (χ0v) is 14.5. The number of carbonyl (C=O) groups is 2. The monoisotopic (exact) mass is 373 g/mol. The highest BCUT2D eigenvalue weighted by atomic mass is 35.5. The fraction of sp³-hybridized carbons (Fsp3) is 0.500. The van der Waals surface area contributed by atoms with Crippen molar-refractivity contribution in [3.8, 4) is 0 Å². The molecule has 1 fully saturated rings. The lowest BCUT2D eigenvalue weighted by Gasteiger charge is -2.38. The molecule has 0 unspecified atom stereocenters. The Morgan fingerprint density at radius 3 is 2.40 bits per heavy atom. The van der Waals surface area contributed by atoms with Crippen LogP contribution in [-0.4, -0.2) is 56.5 Å². The van der Waals surface area contributed by atoms with Gasteiger partial charge in [0.05, 0.1) is 18.3 Å². The quantitative estimate of drug-likeness (QED) is 0.743. The standard InChI is InChI=1S/C18H22ClN3O3/c1-17(2,3)22-14(12-4-6-13(19)7-5-12)15(23)20-18(22)8-10-21(11-9-18)16(24)25/h4-7H,8-11H2,1-3H3,(H-,20,23,24,25)/p+1/i8D2,9D2,10D2,11D2/hD. The van der Waals surface area contributed by atoms with Crippen LogP contribution in [-0.2, 0) is 4.79 Å². The molecule has 0 aromatic heterocycles. The fourth-order valence-electron chi connectivity index (χ4n) is 2.78. The summed E-state index contributed by atoms with van der Waals surface area (Å²) in [5, 5.41) is 9.75. The van der Waals surface area contributed by atoms with E-state index in [4.69, 9.17) is 24.0 Å². The Morgan fingerprint density at radius 1 is 1.36 bits per heavy atom. The smallest absolute Gasteiger partial charge is 0.407 e. The second kappa shape index (κ2) is 6.02. The number of hydrogen-bond acceptors (Lipinski definition) is 2. The van der Waals surface area contributed by atoms with E-state index in [9.17, 15) is 14.7 Å². The molecule has 0 atom stereocenters. The molecule has 6 nitrogen and oxygen atoms in total. The van der Waals surface area contributed by atoms with Crippen molar-refractivity contribution in [2.45, 2.75) is 44.7 Å². The number of carboxylic acid groups (broad SMARTS) is 1. The number of benzene rings is 1. The lowest BCUT2D eigenvalue weighted by Crippen LogP contribution is -2.61. The van der Waals surface area contributed by atoms with Gasteiger partial charge in [-0.2, -0.15) is 4.58 Å². The number of piperidine rings is 1. The third kappa shape index (κ3) is 3.11. The van der Waals surface area contributed by atoms with E-state index in [0.29, 0.717) is 5.02 Å². The molecule has 0 bridgehead atoms. The van der Waals surface area contributed by atoms with E-state index >= 15 is 0 Å². The predicted molar refractivity (Wildman–Crippen MR) is 95.3 cm³/mol. The van der Waals surface area contributed by atoms with Gasteiger partial charge in [0.2, 0.25) is 5.66 Å². The first-order valence-corrected chi connectivity index (χ1v) is 7.81. The number of rotatable bonds is 1. The van der Waals surface area contributed by atoms with Gasteiger partial charge in [-0.1, -0.05) is 11.6 Å². The summed E-state index contributed by atoms with van der Waals surface area (Å²) in [5.74, 6) is -1.22. The van der Waals surface area contributed by atoms with Gasteiger partial charge in [-0.15, -0.1) is 0 Å². The predicted octanol–water partition coefficient (Wildman–Crippen LogP) is 2.54. The van der Waals surface area contributed by atoms with Crippen LogP contribution in [0.3, 0.4) is 0 Å². The van der Waals surface area contributed by atoms with Crippen molar-refractivity contribution in [3.05, 3.63) is 34.9 Å². The summed E-state index contributed by atoms with van der Waals surface area (Å²) in [6.45, 7) is -3.06. The molecular weight excluding hydrogens is 342 g/mol. The highest BCUT2D eigenvalue weighted by Crippen LogP contribution is 2.33. The molecule has 2 aliphatic heterocycles. The van der Waals surface area contributed by atoms with Crippen LogP contribution in [0.2, 0.25) is 6.43 Å². The molecule has 0 aliphatic carbocycles. The summed E-state index contributed by atoms with van der Waals surface area (Å²) < 4.78 is 77.7. The highest BCUT2D eigenvalue weighted by molar-refractivity contribution is 6.44. The van der Waals surface area contributed by atoms with E-state index < -0.39 is 53.8 Å². The van der Waals surface area contributed by atoms with E-state index in [1.54, 1.807) is 0 Å². The number of nitrogens with one attached hydrogen (secondary N) is 1. The second-order valence-electron chi connectivity index (χ2n) is 6.54. The van der Waals surface area contributed by atoms with Crippen LogP contribution >= 0.6 is 11.6 Å². The van der Waals surface area contributed by atoms with Crippen molar-refractivity contribution < 1.29 is 31.6 Å². The lowest BCUT2D eigenvalue weighted by molar-refractivity contribution is -0.668. The first kappa shape index (κ1) is 9.57. The third-order valence-electron chi connectivity index (χ3n) is 3.68. The first-order valence-electron chi connectivity index (χ1n) is 11.9. The van der Waals surface area contributed by atoms with Gasteiger partial charge in [0.1, 0.15) is 0 Å². The average molecular weight is 374 g/mol. The minimum absolute atomic E-state index is 0.100. The van der Waals surface area contributed by atoms with Gasteiger partial charge in [0.15, 0.2) is 6.95 Å². The summed E-state index contributed by atoms with van der Waals surface area (Å²) in [5.41, 5.74) is -4.95. The molecule has 1 aromatic carbocycles. The molecule has 2 N–H and O–H groups in total. The van der Waals surface area contributed by atoms with E-state index in [0.717, 1.165) is 4.58 Å². The second-order valence-corrected chi connectivity index (χ2v) is 6.98. The molecule has 0 saturated carbocycles. The zero-order chi connectivity index (χ0) is 26.4. The molecule has 2 heterocycles. The normalized spacial score (nSPS) is 33.9. The molecular formula is C18H23ClN3O3+. The molecule has 1 aromatic rings. The molecule has 1 saturated heterocycles. The van der Waals surface area contributed by atoms with Gasteiger partial charge in [-0.25, -0.2) is 4.79 Å². The molecule has 134 valence electrons. The molecule has 0 radical (unpaired) electrons. The first-order chi connectivity index (χ1) is 15.1. The number of amides is 2. The Hall–Kier alpha value is -2.08. The van der Waals surface area contributed by atoms with Crippen LogP contribution in [0.5, 0.6) is 0 Å². The van der Waals surface area contributed by atoms with Gasteiger partial charge >= 0.3 is 12.0 Å². The Labute approximate surface area is 164 Å². The molecule has 2 amide bonds. The largest absolute Gasteiger partial charge is 0.465 e. The maximum Gasteiger partial charge on any atom is 0.407 e. The SMILES string of the molecule is [2H]N1C(=O)C(c2ccc(Cl)cc2)=[N+](C(C)(C)C)C12C([2H])([2H])C([2H])([2H])N(C(=O)O)C([2H])([2H])C2([2H])[2H]. The molecule has 1 spiro atoms. The van der Waals surface area contributed by atoms with Crippen molar-refractivity contribution in [1.29, 1.82) is 0 Å². The van der Waals surface area contributed by atoms with Gasteiger partial charge in [-0.05, 0) is 45.0 Å². The van der Waals surface area contributed by atoms with Gasteiger partial charge in [0.25, 0.3) is 5.71 Å². The Morgan fingerprint density at radius 2 is 1.92 bits per heavy atom. The van der Waals surface area contributed by atoms with E-state index in [2.05, 4.69) is 0 Å². The lowest BCUT2D eigenvalue weighted by atomic mass is 9.92. The summed E-state index contributed by atoms with van der Waals surface area (Å²) >= 11 is 5.93. The van der Waals surface area contributed by atoms with Crippen LogP contribution in [0.1, 0.15) is 50.0 Å². The van der Waals surface area contributed by atoms with Crippen molar-refractivity contribution in [1.82, 2.24) is 10.2 Å². The van der Waals surface area contributed by atoms with Crippen LogP contribution in [0.4, 0.5) is 4.79 Å². The zero-order valence-electron chi connectivity index (χ0n) is 22.8. The Bertz CT molecular complexity index is 1070. The molecule has 2 aliphatic rings. The number of hydrogen-bond donors (Lipinski definition) is 2. The van der Waals surface area contributed by atoms with Crippen molar-refractivity contribution in [2.24, 2.45) is 0 Å². The van der Waals surface area contributed by atoms with Crippen molar-refractivity contribution in [2.75, 3.05) is 13.0 Å². The van der Waals surface area contributed by atoms with Crippen LogP contribution in [0.15, 0.2) is 24.3 Å². The van der Waals surface area contributed by atoms with Crippen molar-refractivity contribution >= 4 is 29.3 Å². The Balaban J connectivity index is 2.60. The van der Waals surface area contributed by atoms with E-state index in [1.165, 1.54) is 45.0 Å². The van der Waals surface area contributed by atoms with Gasteiger partial charge in [0, 0.05) is 29.0 Å². The third-order valence-corrected chi connectivity index (χ3v) is 3.93. The maximum absolute atomic E-state index is 13.5. The number of carbonyl (C=O) groups excluding carboxylic acids is 1. The van der Waals surface area contributed by atoms with Crippen molar-refractivity contribution in [3.63, 3.8) is 0 Å². The van der Waals surface area contributed by atoms with Crippen LogP contribution < -0.4 is 5.31 Å². The summed E-state index contributed by atoms with van der Waals surface area (Å²) in [7, 11) is 0. The number of nitrogens with zero attached hydrogens (tertiary/aromatic N) is 2. The summed E-state index contributed by atoms with van der Waals surface area (Å²) in [6.07, 6.45) is -9.57. The fourth-order valence-corrected chi connectivity index (χ4v) is 2.90. The van der Waals surface area contributed by atoms with Crippen LogP contribution in [0, 0.1) is 0 Å². The van der Waals surface area contributed by atoms with E-state index in [-0.39, 0.29) is 16.6 Å². The minimum Gasteiger partial charge on any atom is -0.465 e. The highest BCUT2D eigenvalue weighted by Gasteiger charge is 2.58. The van der Waals surface area contributed by atoms with Crippen LogP contribution in [0.25, 0.3) is 0 Å². The number of likely N-dealkylation sites (tertiary alicyclic amines) is 1. The van der Waals surface area contributed by atoms with Gasteiger partial charge < -0.3 is 10.0 Å². The molecule has 3 rings (SSSR count). The molecule has 7 heteroatoms. The summed E-state index contributed by atoms with van der Waals surface area (Å²) in [4.78, 5) is 24.7. The maximum atomic E-state index is 13.5. The molecule has 25 heavy (non-hydrogen) atoms. The topological polar surface area (TPSA) is 72.7 Å². The van der Waals surface area contributed by atoms with Gasteiger partial charge in [-0.3, -0.25) is 10.1 Å². The van der Waals surface area contributed by atoms with E-state index in [1.807, 2.05) is 0 Å². The summed E-state index contributed by atoms with van der Waals surface area (Å²) in [6, 6.07) is 5.57. The number of halogens is 1. The average Bonchev–Trinajstić information content (AvgIpc) is 2.90. The Kier molecular flexibility index (Phi) is 2.30. The minimum atomic E-state index is -3.72.